The number of ether oxygens (including phenoxy) is 1. The first-order valence-corrected chi connectivity index (χ1v) is 10.9. The number of likely N-dealkylation sites (tertiary alicyclic amines) is 1. The van der Waals surface area contributed by atoms with Gasteiger partial charge in [-0.1, -0.05) is 12.1 Å². The van der Waals surface area contributed by atoms with Crippen LogP contribution in [0.3, 0.4) is 0 Å². The number of anilines is 1. The standard InChI is InChI=1S/C25H30N4O/c1-3-29-24-17-21(30-15-7-14-28-12-4-5-13-28)10-11-22(24)23(18-26)25(29)19-8-6-9-20(16-19)27-2/h6,8-11,16-17,27H,3-5,7,12-15H2,1-2H3. The fraction of sp³-hybridized carbons (Fsp3) is 0.400. The van der Waals surface area contributed by atoms with Crippen LogP contribution < -0.4 is 10.1 Å². The minimum atomic E-state index is 0.719. The maximum atomic E-state index is 9.94. The quantitative estimate of drug-likeness (QED) is 0.532. The van der Waals surface area contributed by atoms with Crippen molar-refractivity contribution in [2.75, 3.05) is 38.6 Å². The van der Waals surface area contributed by atoms with E-state index in [-0.39, 0.29) is 0 Å². The summed E-state index contributed by atoms with van der Waals surface area (Å²) in [5.41, 5.74) is 4.82. The molecule has 5 nitrogen and oxygen atoms in total. The Labute approximate surface area is 178 Å². The lowest BCUT2D eigenvalue weighted by atomic mass is 10.1. The minimum absolute atomic E-state index is 0.719. The molecule has 1 N–H and O–H groups in total. The number of aromatic nitrogens is 1. The van der Waals surface area contributed by atoms with E-state index in [0.717, 1.165) is 65.3 Å². The third kappa shape index (κ3) is 4.01. The van der Waals surface area contributed by atoms with Crippen LogP contribution in [0.25, 0.3) is 22.2 Å². The van der Waals surface area contributed by atoms with Crippen LogP contribution in [0, 0.1) is 11.3 Å². The van der Waals surface area contributed by atoms with Crippen molar-refractivity contribution in [2.24, 2.45) is 0 Å². The second-order valence-electron chi connectivity index (χ2n) is 7.84. The van der Waals surface area contributed by atoms with Crippen LogP contribution in [0.2, 0.25) is 0 Å². The number of nitrogens with zero attached hydrogens (tertiary/aromatic N) is 3. The average Bonchev–Trinajstić information content (AvgIpc) is 3.41. The lowest BCUT2D eigenvalue weighted by Crippen LogP contribution is -2.21. The molecule has 0 aliphatic carbocycles. The van der Waals surface area contributed by atoms with Crippen molar-refractivity contribution in [3.8, 4) is 23.1 Å². The summed E-state index contributed by atoms with van der Waals surface area (Å²) in [4.78, 5) is 2.51. The van der Waals surface area contributed by atoms with Gasteiger partial charge in [0.15, 0.2) is 0 Å². The van der Waals surface area contributed by atoms with Gasteiger partial charge in [0.2, 0.25) is 0 Å². The van der Waals surface area contributed by atoms with Gasteiger partial charge in [0.05, 0.1) is 23.4 Å². The van der Waals surface area contributed by atoms with Crippen LogP contribution in [0.5, 0.6) is 5.75 Å². The molecule has 156 valence electrons. The van der Waals surface area contributed by atoms with E-state index in [1.807, 2.05) is 31.3 Å². The lowest BCUT2D eigenvalue weighted by Gasteiger charge is -2.14. The number of benzene rings is 2. The minimum Gasteiger partial charge on any atom is -0.493 e. The summed E-state index contributed by atoms with van der Waals surface area (Å²) in [7, 11) is 1.91. The van der Waals surface area contributed by atoms with E-state index in [2.05, 4.69) is 46.0 Å². The van der Waals surface area contributed by atoms with Crippen molar-refractivity contribution in [3.05, 3.63) is 48.0 Å². The van der Waals surface area contributed by atoms with E-state index in [4.69, 9.17) is 4.74 Å². The number of nitrogens with one attached hydrogen (secondary N) is 1. The summed E-state index contributed by atoms with van der Waals surface area (Å²) in [6.07, 6.45) is 3.69. The van der Waals surface area contributed by atoms with Crippen LogP contribution >= 0.6 is 0 Å². The highest BCUT2D eigenvalue weighted by molar-refractivity contribution is 5.95. The molecule has 30 heavy (non-hydrogen) atoms. The topological polar surface area (TPSA) is 53.2 Å². The SMILES string of the molecule is CCn1c(-c2cccc(NC)c2)c(C#N)c2ccc(OCCCN3CCCC3)cc21. The summed E-state index contributed by atoms with van der Waals surface area (Å²) in [6, 6.07) is 16.8. The first kappa shape index (κ1) is 20.3. The Morgan fingerprint density at radius 3 is 2.70 bits per heavy atom. The highest BCUT2D eigenvalue weighted by atomic mass is 16.5. The Morgan fingerprint density at radius 1 is 1.13 bits per heavy atom. The van der Waals surface area contributed by atoms with Gasteiger partial charge in [0.25, 0.3) is 0 Å². The maximum Gasteiger partial charge on any atom is 0.121 e. The first-order valence-electron chi connectivity index (χ1n) is 10.9. The molecule has 2 heterocycles. The van der Waals surface area contributed by atoms with Gasteiger partial charge in [-0.3, -0.25) is 0 Å². The molecule has 3 aromatic rings. The van der Waals surface area contributed by atoms with Crippen LogP contribution in [-0.2, 0) is 6.54 Å². The Hall–Kier alpha value is -2.97. The second-order valence-corrected chi connectivity index (χ2v) is 7.84. The number of fused-ring (bicyclic) bond motifs is 1. The van der Waals surface area contributed by atoms with Crippen molar-refractivity contribution in [2.45, 2.75) is 32.7 Å². The number of hydrogen-bond acceptors (Lipinski definition) is 4. The molecule has 0 bridgehead atoms. The zero-order valence-corrected chi connectivity index (χ0v) is 17.9. The van der Waals surface area contributed by atoms with Gasteiger partial charge in [-0.15, -0.1) is 0 Å². The number of nitriles is 1. The van der Waals surface area contributed by atoms with Crippen LogP contribution in [0.1, 0.15) is 31.7 Å². The summed E-state index contributed by atoms with van der Waals surface area (Å²) in [6.45, 7) is 7.19. The Balaban J connectivity index is 1.62. The second kappa shape index (κ2) is 9.23. The summed E-state index contributed by atoms with van der Waals surface area (Å²) in [5, 5.41) is 14.1. The molecule has 0 saturated carbocycles. The zero-order chi connectivity index (χ0) is 20.9. The van der Waals surface area contributed by atoms with Gasteiger partial charge in [0, 0.05) is 42.8 Å². The monoisotopic (exact) mass is 402 g/mol. The molecule has 0 spiro atoms. The van der Waals surface area contributed by atoms with E-state index < -0.39 is 0 Å². The van der Waals surface area contributed by atoms with Gasteiger partial charge in [-0.05, 0) is 63.5 Å². The number of aryl methyl sites for hydroxylation is 1. The third-order valence-corrected chi connectivity index (χ3v) is 5.97. The Morgan fingerprint density at radius 2 is 1.97 bits per heavy atom. The predicted octanol–water partition coefficient (Wildman–Crippen LogP) is 5.11. The van der Waals surface area contributed by atoms with Crippen molar-refractivity contribution < 1.29 is 4.74 Å². The predicted molar refractivity (Wildman–Crippen MR) is 123 cm³/mol. The van der Waals surface area contributed by atoms with Gasteiger partial charge >= 0.3 is 0 Å². The molecule has 1 aliphatic heterocycles. The van der Waals surface area contributed by atoms with E-state index >= 15 is 0 Å². The molecule has 0 amide bonds. The molecular formula is C25H30N4O. The molecular weight excluding hydrogens is 372 g/mol. The van der Waals surface area contributed by atoms with Gasteiger partial charge in [-0.25, -0.2) is 0 Å². The summed E-state index contributed by atoms with van der Waals surface area (Å²) < 4.78 is 8.29. The molecule has 5 heteroatoms. The molecule has 0 unspecified atom stereocenters. The Kier molecular flexibility index (Phi) is 6.25. The first-order chi connectivity index (χ1) is 14.7. The molecule has 1 saturated heterocycles. The van der Waals surface area contributed by atoms with Gasteiger partial charge in [0.1, 0.15) is 11.8 Å². The molecule has 1 aromatic heterocycles. The van der Waals surface area contributed by atoms with E-state index in [9.17, 15) is 5.26 Å². The molecule has 0 atom stereocenters. The molecule has 0 radical (unpaired) electrons. The van der Waals surface area contributed by atoms with Crippen LogP contribution in [-0.4, -0.2) is 42.8 Å². The van der Waals surface area contributed by atoms with Crippen LogP contribution in [0.15, 0.2) is 42.5 Å². The summed E-state index contributed by atoms with van der Waals surface area (Å²) >= 11 is 0. The smallest absolute Gasteiger partial charge is 0.121 e. The highest BCUT2D eigenvalue weighted by Gasteiger charge is 2.19. The van der Waals surface area contributed by atoms with E-state index in [1.54, 1.807) is 0 Å². The zero-order valence-electron chi connectivity index (χ0n) is 17.9. The number of hydrogen-bond donors (Lipinski definition) is 1. The van der Waals surface area contributed by atoms with Crippen molar-refractivity contribution in [3.63, 3.8) is 0 Å². The van der Waals surface area contributed by atoms with E-state index in [0.29, 0.717) is 0 Å². The van der Waals surface area contributed by atoms with E-state index in [1.165, 1.54) is 25.9 Å². The van der Waals surface area contributed by atoms with Crippen LogP contribution in [0.4, 0.5) is 5.69 Å². The maximum absolute atomic E-state index is 9.94. The third-order valence-electron chi connectivity index (χ3n) is 5.97. The molecule has 2 aromatic carbocycles. The molecule has 1 fully saturated rings. The molecule has 1 aliphatic rings. The highest BCUT2D eigenvalue weighted by Crippen LogP contribution is 2.36. The van der Waals surface area contributed by atoms with Crippen molar-refractivity contribution >= 4 is 16.6 Å². The fourth-order valence-electron chi connectivity index (χ4n) is 4.47. The average molecular weight is 403 g/mol. The Bertz CT molecular complexity index is 1060. The molecule has 4 rings (SSSR count). The van der Waals surface area contributed by atoms with Gasteiger partial charge in [-0.2, -0.15) is 5.26 Å². The summed E-state index contributed by atoms with van der Waals surface area (Å²) in [5.74, 6) is 0.871. The fourth-order valence-corrected chi connectivity index (χ4v) is 4.47. The van der Waals surface area contributed by atoms with Crippen molar-refractivity contribution in [1.29, 1.82) is 5.26 Å². The van der Waals surface area contributed by atoms with Gasteiger partial charge < -0.3 is 19.5 Å². The normalized spacial score (nSPS) is 14.2. The lowest BCUT2D eigenvalue weighted by molar-refractivity contribution is 0.263. The van der Waals surface area contributed by atoms with Crippen molar-refractivity contribution in [1.82, 2.24) is 9.47 Å². The number of rotatable bonds is 8. The largest absolute Gasteiger partial charge is 0.493 e.